The maximum atomic E-state index is 8.88. The van der Waals surface area contributed by atoms with E-state index in [1.165, 1.54) is 0 Å². The molecule has 4 nitrogen and oxygen atoms in total. The molecular weight excluding hydrogens is 192 g/mol. The first-order valence-electron chi connectivity index (χ1n) is 4.73. The van der Waals surface area contributed by atoms with Gasteiger partial charge in [-0.15, -0.1) is 0 Å². The minimum atomic E-state index is 0.306. The highest BCUT2D eigenvalue weighted by Crippen LogP contribution is 2.07. The Labute approximate surface area is 88.5 Å². The third kappa shape index (κ3) is 2.56. The van der Waals surface area contributed by atoms with Crippen molar-refractivity contribution < 1.29 is 10.4 Å². The van der Waals surface area contributed by atoms with E-state index < -0.39 is 0 Å². The average molecular weight is 206 g/mol. The van der Waals surface area contributed by atoms with Gasteiger partial charge in [-0.2, -0.15) is 0 Å². The maximum Gasteiger partial charge on any atom is 0.134 e. The number of rotatable bonds is 3. The van der Waals surface area contributed by atoms with E-state index in [1.807, 2.05) is 38.1 Å². The summed E-state index contributed by atoms with van der Waals surface area (Å²) in [6.07, 6.45) is 0.504. The van der Waals surface area contributed by atoms with Crippen LogP contribution < -0.4 is 0 Å². The van der Waals surface area contributed by atoms with Crippen molar-refractivity contribution in [3.8, 4) is 0 Å². The summed E-state index contributed by atoms with van der Waals surface area (Å²) in [5.41, 5.74) is 2.52. The maximum absolute atomic E-state index is 8.88. The molecule has 0 heterocycles. The fourth-order valence-electron chi connectivity index (χ4n) is 1.28. The quantitative estimate of drug-likeness (QED) is 0.453. The van der Waals surface area contributed by atoms with Crippen LogP contribution in [0.1, 0.15) is 24.5 Å². The molecule has 2 N–H and O–H groups in total. The normalized spacial score (nSPS) is 12.9. The summed E-state index contributed by atoms with van der Waals surface area (Å²) >= 11 is 0. The monoisotopic (exact) mass is 206 g/mol. The molecule has 0 saturated carbocycles. The highest BCUT2D eigenvalue weighted by Gasteiger charge is 2.11. The number of nitrogens with zero attached hydrogens (tertiary/aromatic N) is 2. The van der Waals surface area contributed by atoms with Gasteiger partial charge in [0.1, 0.15) is 11.4 Å². The van der Waals surface area contributed by atoms with Crippen LogP contribution in [0.15, 0.2) is 34.6 Å². The number of hydrogen-bond acceptors (Lipinski definition) is 4. The van der Waals surface area contributed by atoms with E-state index in [0.717, 1.165) is 11.1 Å². The summed E-state index contributed by atoms with van der Waals surface area (Å²) < 4.78 is 0. The molecule has 0 bridgehead atoms. The Morgan fingerprint density at radius 3 is 2.13 bits per heavy atom. The van der Waals surface area contributed by atoms with Crippen LogP contribution in [0.3, 0.4) is 0 Å². The highest BCUT2D eigenvalue weighted by molar-refractivity contribution is 6.48. The molecule has 0 unspecified atom stereocenters. The molecule has 15 heavy (non-hydrogen) atoms. The summed E-state index contributed by atoms with van der Waals surface area (Å²) in [5.74, 6) is 0. The molecule has 1 rings (SSSR count). The summed E-state index contributed by atoms with van der Waals surface area (Å²) in [7, 11) is 0. The number of aryl methyl sites for hydroxylation is 1. The molecule has 0 spiro atoms. The Balaban J connectivity index is 3.09. The van der Waals surface area contributed by atoms with Crippen LogP contribution in [0.2, 0.25) is 0 Å². The van der Waals surface area contributed by atoms with Gasteiger partial charge in [0, 0.05) is 5.56 Å². The number of oxime groups is 2. The van der Waals surface area contributed by atoms with Crippen molar-refractivity contribution in [2.75, 3.05) is 0 Å². The van der Waals surface area contributed by atoms with E-state index >= 15 is 0 Å². The average Bonchev–Trinajstić information content (AvgIpc) is 2.27. The van der Waals surface area contributed by atoms with Gasteiger partial charge in [-0.3, -0.25) is 0 Å². The van der Waals surface area contributed by atoms with E-state index in [9.17, 15) is 0 Å². The standard InChI is InChI=1S/C11H14N2O2/c1-3-10(12-14)11(13-15)9-6-4-8(2)5-7-9/h4-7,14-15H,3H2,1-2H3/b12-10+,13-11-. The molecule has 80 valence electrons. The molecular formula is C11H14N2O2. The van der Waals surface area contributed by atoms with Crippen LogP contribution in [0.25, 0.3) is 0 Å². The van der Waals surface area contributed by atoms with Gasteiger partial charge in [-0.25, -0.2) is 0 Å². The van der Waals surface area contributed by atoms with Gasteiger partial charge >= 0.3 is 0 Å². The Morgan fingerprint density at radius 2 is 1.73 bits per heavy atom. The van der Waals surface area contributed by atoms with Crippen molar-refractivity contribution in [2.24, 2.45) is 10.3 Å². The first kappa shape index (κ1) is 11.2. The molecule has 0 aliphatic heterocycles. The van der Waals surface area contributed by atoms with Gasteiger partial charge in [0.15, 0.2) is 0 Å². The molecule has 0 amide bonds. The lowest BCUT2D eigenvalue weighted by atomic mass is 10.0. The predicted octanol–water partition coefficient (Wildman–Crippen LogP) is 2.41. The molecule has 1 aromatic carbocycles. The zero-order chi connectivity index (χ0) is 11.3. The van der Waals surface area contributed by atoms with Crippen LogP contribution in [-0.4, -0.2) is 21.8 Å². The molecule has 0 atom stereocenters. The van der Waals surface area contributed by atoms with Crippen molar-refractivity contribution in [3.63, 3.8) is 0 Å². The molecule has 0 radical (unpaired) electrons. The third-order valence-electron chi connectivity index (χ3n) is 2.15. The van der Waals surface area contributed by atoms with Gasteiger partial charge in [-0.1, -0.05) is 47.1 Å². The topological polar surface area (TPSA) is 65.2 Å². The van der Waals surface area contributed by atoms with Crippen LogP contribution in [-0.2, 0) is 0 Å². The summed E-state index contributed by atoms with van der Waals surface area (Å²) in [4.78, 5) is 0. The lowest BCUT2D eigenvalue weighted by molar-refractivity contribution is 0.313. The van der Waals surface area contributed by atoms with E-state index in [-0.39, 0.29) is 0 Å². The van der Waals surface area contributed by atoms with E-state index in [0.29, 0.717) is 17.8 Å². The number of benzene rings is 1. The van der Waals surface area contributed by atoms with Crippen LogP contribution in [0, 0.1) is 6.92 Å². The third-order valence-corrected chi connectivity index (χ3v) is 2.15. The Hall–Kier alpha value is -1.84. The molecule has 1 aromatic rings. The second-order valence-electron chi connectivity index (χ2n) is 3.21. The molecule has 4 heteroatoms. The van der Waals surface area contributed by atoms with Crippen molar-refractivity contribution >= 4 is 11.4 Å². The lowest BCUT2D eigenvalue weighted by Crippen LogP contribution is -2.14. The lowest BCUT2D eigenvalue weighted by Gasteiger charge is -2.04. The van der Waals surface area contributed by atoms with Crippen LogP contribution in [0.4, 0.5) is 0 Å². The zero-order valence-corrected chi connectivity index (χ0v) is 8.81. The fraction of sp³-hybridized carbons (Fsp3) is 0.273. The first-order chi connectivity index (χ1) is 7.22. The van der Waals surface area contributed by atoms with Crippen LogP contribution >= 0.6 is 0 Å². The van der Waals surface area contributed by atoms with E-state index in [2.05, 4.69) is 10.3 Å². The molecule has 0 aromatic heterocycles. The Morgan fingerprint density at radius 1 is 1.13 bits per heavy atom. The summed E-state index contributed by atoms with van der Waals surface area (Å²) in [6.45, 7) is 3.80. The van der Waals surface area contributed by atoms with Gasteiger partial charge < -0.3 is 10.4 Å². The van der Waals surface area contributed by atoms with Gasteiger partial charge in [-0.05, 0) is 13.3 Å². The minimum Gasteiger partial charge on any atom is -0.411 e. The second-order valence-corrected chi connectivity index (χ2v) is 3.21. The fourth-order valence-corrected chi connectivity index (χ4v) is 1.28. The zero-order valence-electron chi connectivity index (χ0n) is 8.81. The van der Waals surface area contributed by atoms with Crippen molar-refractivity contribution in [1.29, 1.82) is 0 Å². The predicted molar refractivity (Wildman–Crippen MR) is 59.0 cm³/mol. The summed E-state index contributed by atoms with van der Waals surface area (Å²) in [5, 5.41) is 23.9. The van der Waals surface area contributed by atoms with E-state index in [4.69, 9.17) is 10.4 Å². The molecule has 0 saturated heterocycles. The minimum absolute atomic E-state index is 0.306. The van der Waals surface area contributed by atoms with Crippen molar-refractivity contribution in [3.05, 3.63) is 35.4 Å². The highest BCUT2D eigenvalue weighted by atomic mass is 16.4. The molecule has 0 fully saturated rings. The van der Waals surface area contributed by atoms with Gasteiger partial charge in [0.25, 0.3) is 0 Å². The second kappa shape index (κ2) is 5.14. The van der Waals surface area contributed by atoms with Crippen molar-refractivity contribution in [2.45, 2.75) is 20.3 Å². The van der Waals surface area contributed by atoms with Crippen LogP contribution in [0.5, 0.6) is 0 Å². The SMILES string of the molecule is CCC(=N\O)/C(=N\O)c1ccc(C)cc1. The van der Waals surface area contributed by atoms with Gasteiger partial charge in [0.05, 0.1) is 0 Å². The molecule has 0 aliphatic carbocycles. The smallest absolute Gasteiger partial charge is 0.134 e. The Bertz CT molecular complexity index is 380. The van der Waals surface area contributed by atoms with Crippen molar-refractivity contribution in [1.82, 2.24) is 0 Å². The van der Waals surface area contributed by atoms with Gasteiger partial charge in [0.2, 0.25) is 0 Å². The molecule has 0 aliphatic rings. The van der Waals surface area contributed by atoms with E-state index in [1.54, 1.807) is 0 Å². The Kier molecular flexibility index (Phi) is 3.85. The number of hydrogen-bond donors (Lipinski definition) is 2. The first-order valence-corrected chi connectivity index (χ1v) is 4.73. The summed E-state index contributed by atoms with van der Waals surface area (Å²) in [6, 6.07) is 7.47. The largest absolute Gasteiger partial charge is 0.411 e.